The molecule has 0 aromatic heterocycles. The highest BCUT2D eigenvalue weighted by atomic mass is 35.5. The summed E-state index contributed by atoms with van der Waals surface area (Å²) in [4.78, 5) is 62.7. The van der Waals surface area contributed by atoms with E-state index in [1.54, 1.807) is 77.9 Å². The van der Waals surface area contributed by atoms with Crippen molar-refractivity contribution >= 4 is 54.8 Å². The molecule has 3 aromatic rings. The molecule has 1 atom stereocenters. The fraction of sp³-hybridized carbons (Fsp3) is 0.395. The van der Waals surface area contributed by atoms with E-state index < -0.39 is 73.8 Å². The Morgan fingerprint density at radius 2 is 1.33 bits per heavy atom. The van der Waals surface area contributed by atoms with Crippen molar-refractivity contribution < 1.29 is 56.0 Å². The molecule has 0 heterocycles. The molecule has 17 heteroatoms. The van der Waals surface area contributed by atoms with Crippen molar-refractivity contribution in [3.63, 3.8) is 0 Å². The van der Waals surface area contributed by atoms with E-state index in [9.17, 15) is 32.9 Å². The fourth-order valence-corrected chi connectivity index (χ4v) is 5.36. The Morgan fingerprint density at radius 1 is 0.764 bits per heavy atom. The third-order valence-electron chi connectivity index (χ3n) is 7.34. The monoisotopic (exact) mass is 805 g/mol. The van der Waals surface area contributed by atoms with Gasteiger partial charge in [0.2, 0.25) is 31.3 Å². The van der Waals surface area contributed by atoms with Gasteiger partial charge in [-0.05, 0) is 94.6 Å². The van der Waals surface area contributed by atoms with Crippen LogP contribution in [0.1, 0.15) is 58.2 Å². The van der Waals surface area contributed by atoms with Gasteiger partial charge in [0.05, 0.1) is 17.3 Å². The summed E-state index contributed by atoms with van der Waals surface area (Å²) in [7, 11) is -4.55. The van der Waals surface area contributed by atoms with Crippen molar-refractivity contribution in [3.05, 3.63) is 95.3 Å². The van der Waals surface area contributed by atoms with Crippen molar-refractivity contribution in [2.75, 3.05) is 24.8 Å². The highest BCUT2D eigenvalue weighted by Crippen LogP contribution is 2.49. The first-order valence-corrected chi connectivity index (χ1v) is 19.0. The van der Waals surface area contributed by atoms with Crippen molar-refractivity contribution in [1.82, 2.24) is 10.6 Å². The Kier molecular flexibility index (Phi) is 16.4. The predicted molar refractivity (Wildman–Crippen MR) is 201 cm³/mol. The summed E-state index contributed by atoms with van der Waals surface area (Å²) in [5.41, 5.74) is 0.476. The topological polar surface area (TPSA) is 185 Å². The molecule has 0 fully saturated rings. The molecule has 0 saturated heterocycles. The third-order valence-corrected chi connectivity index (χ3v) is 8.86. The molecule has 0 spiro atoms. The van der Waals surface area contributed by atoms with Gasteiger partial charge in [0.1, 0.15) is 23.5 Å². The van der Waals surface area contributed by atoms with Crippen LogP contribution in [-0.4, -0.2) is 55.2 Å². The molecule has 0 aliphatic heterocycles. The highest BCUT2D eigenvalue weighted by molar-refractivity contribution is 7.48. The van der Waals surface area contributed by atoms with Crippen LogP contribution < -0.4 is 20.5 Å². The van der Waals surface area contributed by atoms with Gasteiger partial charge in [0.25, 0.3) is 0 Å². The Bertz CT molecular complexity index is 1810. The van der Waals surface area contributed by atoms with Crippen LogP contribution in [0.2, 0.25) is 0 Å². The molecule has 0 radical (unpaired) electrons. The van der Waals surface area contributed by atoms with Crippen LogP contribution in [0.25, 0.3) is 0 Å². The second-order valence-electron chi connectivity index (χ2n) is 14.3. The van der Waals surface area contributed by atoms with E-state index in [-0.39, 0.29) is 31.0 Å². The molecule has 0 aliphatic carbocycles. The number of benzene rings is 3. The first-order valence-electron chi connectivity index (χ1n) is 17.0. The van der Waals surface area contributed by atoms with E-state index in [4.69, 9.17) is 34.6 Å². The number of hydrogen-bond acceptors (Lipinski definition) is 11. The van der Waals surface area contributed by atoms with Gasteiger partial charge in [0, 0.05) is 18.7 Å². The maximum atomic E-state index is 13.6. The molecule has 3 amide bonds. The van der Waals surface area contributed by atoms with E-state index >= 15 is 0 Å². The number of phosphoric acid groups is 1. The lowest BCUT2D eigenvalue weighted by molar-refractivity contribution is -0.163. The van der Waals surface area contributed by atoms with E-state index in [0.717, 1.165) is 0 Å². The molecule has 298 valence electrons. The average molecular weight is 806 g/mol. The van der Waals surface area contributed by atoms with E-state index in [1.165, 1.54) is 36.4 Å². The quantitative estimate of drug-likeness (QED) is 0.0576. The van der Waals surface area contributed by atoms with E-state index in [0.29, 0.717) is 22.4 Å². The van der Waals surface area contributed by atoms with Gasteiger partial charge in [-0.3, -0.25) is 24.0 Å². The van der Waals surface area contributed by atoms with Crippen LogP contribution in [0.4, 0.5) is 10.1 Å². The molecule has 55 heavy (non-hydrogen) atoms. The molecule has 0 bridgehead atoms. The number of anilines is 1. The van der Waals surface area contributed by atoms with Gasteiger partial charge >= 0.3 is 19.8 Å². The average Bonchev–Trinajstić information content (AvgIpc) is 3.11. The van der Waals surface area contributed by atoms with Crippen LogP contribution >= 0.6 is 19.4 Å². The van der Waals surface area contributed by atoms with Crippen molar-refractivity contribution in [2.45, 2.75) is 67.0 Å². The minimum absolute atomic E-state index is 0.00323. The Labute approximate surface area is 324 Å². The third kappa shape index (κ3) is 15.8. The van der Waals surface area contributed by atoms with Gasteiger partial charge in [-0.15, -0.1) is 11.6 Å². The molecular formula is C38H46ClFN3O11P. The number of hydrogen-bond donors (Lipinski definition) is 3. The number of alkyl halides is 1. The minimum Gasteiger partial charge on any atom is -0.437 e. The first kappa shape index (κ1) is 44.6. The summed E-state index contributed by atoms with van der Waals surface area (Å²) in [5, 5.41) is 8.17. The lowest BCUT2D eigenvalue weighted by Gasteiger charge is -2.22. The zero-order valence-corrected chi connectivity index (χ0v) is 33.1. The van der Waals surface area contributed by atoms with Crippen molar-refractivity contribution in [1.29, 1.82) is 0 Å². The summed E-state index contributed by atoms with van der Waals surface area (Å²) >= 11 is 5.58. The second kappa shape index (κ2) is 20.2. The molecule has 3 N–H and O–H groups in total. The van der Waals surface area contributed by atoms with Crippen molar-refractivity contribution in [2.24, 2.45) is 10.8 Å². The van der Waals surface area contributed by atoms with E-state index in [1.807, 2.05) is 0 Å². The van der Waals surface area contributed by atoms with Gasteiger partial charge < -0.3 is 29.9 Å². The number of phosphoric ester groups is 1. The Morgan fingerprint density at radius 3 is 1.87 bits per heavy atom. The SMILES string of the molecule is CC(C)(C)C(=O)OCOP(=O)(OCOC(=O)C(C)(C)C)Oc1ccc(C[C@H](NC(=O)Cc2ccc(F)cc2)C(=O)NCc2cccc(NC(=O)CCl)c2)cc1. The smallest absolute Gasteiger partial charge is 0.437 e. The summed E-state index contributed by atoms with van der Waals surface area (Å²) in [6.07, 6.45) is -0.117. The second-order valence-corrected chi connectivity index (χ2v) is 16.1. The molecule has 0 unspecified atom stereocenters. The van der Waals surface area contributed by atoms with Gasteiger partial charge in [-0.2, -0.15) is 0 Å². The van der Waals surface area contributed by atoms with E-state index in [2.05, 4.69) is 16.0 Å². The Balaban J connectivity index is 1.76. The maximum Gasteiger partial charge on any atom is 0.535 e. The number of carbonyl (C=O) groups excluding carboxylic acids is 5. The van der Waals surface area contributed by atoms with Crippen molar-refractivity contribution in [3.8, 4) is 5.75 Å². The number of rotatable bonds is 18. The van der Waals surface area contributed by atoms with Gasteiger partial charge in [-0.25, -0.2) is 18.0 Å². The first-order chi connectivity index (χ1) is 25.8. The lowest BCUT2D eigenvalue weighted by atomic mass is 9.98. The normalized spacial score (nSPS) is 12.2. The van der Waals surface area contributed by atoms with Gasteiger partial charge in [-0.1, -0.05) is 36.4 Å². The zero-order valence-electron chi connectivity index (χ0n) is 31.4. The molecule has 14 nitrogen and oxygen atoms in total. The predicted octanol–water partition coefficient (Wildman–Crippen LogP) is 6.20. The molecule has 3 aromatic carbocycles. The molecular weight excluding hydrogens is 760 g/mol. The Hall–Kier alpha value is -4.82. The largest absolute Gasteiger partial charge is 0.535 e. The fourth-order valence-electron chi connectivity index (χ4n) is 4.37. The highest BCUT2D eigenvalue weighted by Gasteiger charge is 2.33. The minimum atomic E-state index is -4.55. The van der Waals surface area contributed by atoms with Crippen LogP contribution in [-0.2, 0) is 66.4 Å². The number of carbonyl (C=O) groups is 5. The van der Waals surface area contributed by atoms with Gasteiger partial charge in [0.15, 0.2) is 0 Å². The summed E-state index contributed by atoms with van der Waals surface area (Å²) in [6, 6.07) is 17.0. The number of halogens is 2. The zero-order chi connectivity index (χ0) is 40.8. The lowest BCUT2D eigenvalue weighted by Crippen LogP contribution is -2.48. The number of esters is 2. The standard InChI is InChI=1S/C38H46ClFN3O11P/c1-37(2,3)35(47)50-23-52-55(49,53-24-51-36(48)38(4,5)6)54-30-16-12-25(13-17-30)19-31(43-32(44)20-26-10-14-28(40)15-11-26)34(46)41-22-27-8-7-9-29(18-27)42-33(45)21-39/h7-18,31H,19-24H2,1-6H3,(H,41,46)(H,42,45)(H,43,44)/t31-/m0/s1. The van der Waals surface area contributed by atoms with Crippen LogP contribution in [0.3, 0.4) is 0 Å². The molecule has 0 aliphatic rings. The number of amides is 3. The van der Waals surface area contributed by atoms with Crippen LogP contribution in [0, 0.1) is 16.6 Å². The number of nitrogens with one attached hydrogen (secondary N) is 3. The van der Waals surface area contributed by atoms with Crippen LogP contribution in [0.5, 0.6) is 5.75 Å². The number of ether oxygens (including phenoxy) is 2. The van der Waals surface area contributed by atoms with Crippen LogP contribution in [0.15, 0.2) is 72.8 Å². The molecule has 0 saturated carbocycles. The summed E-state index contributed by atoms with van der Waals surface area (Å²) in [6.45, 7) is 8.18. The summed E-state index contributed by atoms with van der Waals surface area (Å²) in [5.74, 6) is -3.39. The summed E-state index contributed by atoms with van der Waals surface area (Å²) < 4.78 is 53.0. The molecule has 3 rings (SSSR count). The maximum absolute atomic E-state index is 13.6.